The first-order chi connectivity index (χ1) is 11.2. The second-order valence-electron chi connectivity index (χ2n) is 5.12. The van der Waals surface area contributed by atoms with Gasteiger partial charge in [-0.2, -0.15) is 12.7 Å². The van der Waals surface area contributed by atoms with Gasteiger partial charge in [0, 0.05) is 28.7 Å². The fourth-order valence-electron chi connectivity index (χ4n) is 2.18. The molecule has 0 saturated heterocycles. The largest absolute Gasteiger partial charge is 0.289 e. The zero-order chi connectivity index (χ0) is 17.9. The highest BCUT2D eigenvalue weighted by atomic mass is 79.9. The van der Waals surface area contributed by atoms with E-state index in [1.165, 1.54) is 24.3 Å². The van der Waals surface area contributed by atoms with Crippen LogP contribution in [0.3, 0.4) is 0 Å². The van der Waals surface area contributed by atoms with Gasteiger partial charge in [0.05, 0.1) is 0 Å². The van der Waals surface area contributed by atoms with Gasteiger partial charge >= 0.3 is 0 Å². The number of benzene rings is 2. The third kappa shape index (κ3) is 4.47. The minimum atomic E-state index is -3.78. The van der Waals surface area contributed by atoms with E-state index in [4.69, 9.17) is 5.14 Å². The van der Waals surface area contributed by atoms with Crippen molar-refractivity contribution in [2.75, 3.05) is 6.54 Å². The molecule has 0 aliphatic carbocycles. The van der Waals surface area contributed by atoms with Gasteiger partial charge in [0.25, 0.3) is 10.2 Å². The summed E-state index contributed by atoms with van der Waals surface area (Å²) >= 11 is 3.33. The second kappa shape index (κ2) is 7.52. The fraction of sp³-hybridized carbons (Fsp3) is 0.188. The van der Waals surface area contributed by atoms with Crippen LogP contribution in [0.25, 0.3) is 0 Å². The van der Waals surface area contributed by atoms with Gasteiger partial charge in [-0.3, -0.25) is 4.79 Å². The number of nitrogens with two attached hydrogens (primary N) is 1. The molecule has 128 valence electrons. The molecule has 8 heteroatoms. The maximum Gasteiger partial charge on any atom is 0.277 e. The molecular formula is C16H16BrFN2O3S. The summed E-state index contributed by atoms with van der Waals surface area (Å²) in [5, 5.41) is 5.14. The van der Waals surface area contributed by atoms with Crippen LogP contribution in [0.4, 0.5) is 4.39 Å². The maximum atomic E-state index is 13.0. The van der Waals surface area contributed by atoms with Gasteiger partial charge in [0.2, 0.25) is 0 Å². The highest BCUT2D eigenvalue weighted by Gasteiger charge is 2.17. The molecule has 2 rings (SSSR count). The summed E-state index contributed by atoms with van der Waals surface area (Å²) in [6.07, 6.45) is 0. The van der Waals surface area contributed by atoms with Crippen LogP contribution in [-0.2, 0) is 16.8 Å². The van der Waals surface area contributed by atoms with Crippen LogP contribution in [0.5, 0.6) is 0 Å². The van der Waals surface area contributed by atoms with Crippen LogP contribution in [0, 0.1) is 5.82 Å². The van der Waals surface area contributed by atoms with E-state index in [1.54, 1.807) is 25.1 Å². The van der Waals surface area contributed by atoms with Crippen molar-refractivity contribution in [2.24, 2.45) is 5.14 Å². The van der Waals surface area contributed by atoms with Gasteiger partial charge in [-0.1, -0.05) is 28.9 Å². The summed E-state index contributed by atoms with van der Waals surface area (Å²) in [4.78, 5) is 12.4. The lowest BCUT2D eigenvalue weighted by molar-refractivity contribution is 0.103. The molecule has 2 aromatic rings. The lowest BCUT2D eigenvalue weighted by atomic mass is 10.0. The van der Waals surface area contributed by atoms with E-state index in [0.717, 1.165) is 4.31 Å². The van der Waals surface area contributed by atoms with Crippen molar-refractivity contribution in [2.45, 2.75) is 13.5 Å². The molecule has 2 N–H and O–H groups in total. The first kappa shape index (κ1) is 18.7. The van der Waals surface area contributed by atoms with Crippen LogP contribution in [-0.4, -0.2) is 25.1 Å². The molecular weight excluding hydrogens is 399 g/mol. The number of nitrogens with zero attached hydrogens (tertiary/aromatic N) is 1. The molecule has 0 amide bonds. The van der Waals surface area contributed by atoms with Crippen molar-refractivity contribution in [1.82, 2.24) is 4.31 Å². The highest BCUT2D eigenvalue weighted by molar-refractivity contribution is 9.10. The predicted octanol–water partition coefficient (Wildman–Crippen LogP) is 2.84. The molecule has 0 heterocycles. The Balaban J connectivity index is 2.26. The van der Waals surface area contributed by atoms with Gasteiger partial charge in [0.1, 0.15) is 5.82 Å². The lowest BCUT2D eigenvalue weighted by Gasteiger charge is -2.17. The van der Waals surface area contributed by atoms with Crippen LogP contribution in [0.2, 0.25) is 0 Å². The molecule has 0 aliphatic heterocycles. The van der Waals surface area contributed by atoms with E-state index in [9.17, 15) is 17.6 Å². The number of ketones is 1. The molecule has 24 heavy (non-hydrogen) atoms. The number of halogens is 2. The summed E-state index contributed by atoms with van der Waals surface area (Å²) < 4.78 is 37.5. The van der Waals surface area contributed by atoms with Crippen LogP contribution in [0.1, 0.15) is 28.4 Å². The van der Waals surface area contributed by atoms with E-state index >= 15 is 0 Å². The molecule has 0 radical (unpaired) electrons. The van der Waals surface area contributed by atoms with Crippen molar-refractivity contribution >= 4 is 31.9 Å². The van der Waals surface area contributed by atoms with E-state index in [-0.39, 0.29) is 18.9 Å². The monoisotopic (exact) mass is 414 g/mol. The third-order valence-electron chi connectivity index (χ3n) is 3.46. The Morgan fingerprint density at radius 2 is 1.83 bits per heavy atom. The Labute approximate surface area is 148 Å². The highest BCUT2D eigenvalue weighted by Crippen LogP contribution is 2.23. The van der Waals surface area contributed by atoms with Gasteiger partial charge in [-0.05, 0) is 42.0 Å². The summed E-state index contributed by atoms with van der Waals surface area (Å²) in [5.41, 5.74) is 1.46. The average Bonchev–Trinajstić information content (AvgIpc) is 2.51. The smallest absolute Gasteiger partial charge is 0.277 e. The standard InChI is InChI=1S/C16H16BrFN2O3S/c1-2-20(24(19,22)23)10-11-3-8-14(15(17)9-11)16(21)12-4-6-13(18)7-5-12/h3-9H,2,10H2,1H3,(H2,19,22,23). The second-order valence-corrected chi connectivity index (χ2v) is 7.52. The van der Waals surface area contributed by atoms with E-state index < -0.39 is 16.0 Å². The average molecular weight is 415 g/mol. The summed E-state index contributed by atoms with van der Waals surface area (Å²) in [7, 11) is -3.78. The Kier molecular flexibility index (Phi) is 5.87. The minimum Gasteiger partial charge on any atom is -0.289 e. The zero-order valence-corrected chi connectivity index (χ0v) is 15.3. The van der Waals surface area contributed by atoms with Crippen molar-refractivity contribution in [3.05, 3.63) is 69.4 Å². The molecule has 0 spiro atoms. The normalized spacial score (nSPS) is 11.7. The fourth-order valence-corrected chi connectivity index (χ4v) is 3.48. The van der Waals surface area contributed by atoms with Crippen molar-refractivity contribution < 1.29 is 17.6 Å². The van der Waals surface area contributed by atoms with Crippen LogP contribution < -0.4 is 5.14 Å². The number of carbonyl (C=O) groups excluding carboxylic acids is 1. The number of carbonyl (C=O) groups is 1. The van der Waals surface area contributed by atoms with E-state index in [1.807, 2.05) is 0 Å². The molecule has 0 aromatic heterocycles. The van der Waals surface area contributed by atoms with Crippen molar-refractivity contribution in [1.29, 1.82) is 0 Å². The van der Waals surface area contributed by atoms with Crippen LogP contribution in [0.15, 0.2) is 46.9 Å². The Hall–Kier alpha value is -1.61. The first-order valence-corrected chi connectivity index (χ1v) is 9.38. The minimum absolute atomic E-state index is 0.110. The summed E-state index contributed by atoms with van der Waals surface area (Å²) in [6, 6.07) is 10.2. The summed E-state index contributed by atoms with van der Waals surface area (Å²) in [5.74, 6) is -0.671. The van der Waals surface area contributed by atoms with E-state index in [2.05, 4.69) is 15.9 Å². The number of hydrogen-bond donors (Lipinski definition) is 1. The topological polar surface area (TPSA) is 80.5 Å². The van der Waals surface area contributed by atoms with E-state index in [0.29, 0.717) is 21.2 Å². The Morgan fingerprint density at radius 3 is 2.33 bits per heavy atom. The lowest BCUT2D eigenvalue weighted by Crippen LogP contribution is -2.35. The molecule has 0 unspecified atom stereocenters. The van der Waals surface area contributed by atoms with Gasteiger partial charge in [-0.25, -0.2) is 9.53 Å². The predicted molar refractivity (Wildman–Crippen MR) is 93.2 cm³/mol. The third-order valence-corrected chi connectivity index (χ3v) is 5.22. The number of rotatable bonds is 6. The van der Waals surface area contributed by atoms with Gasteiger partial charge in [-0.15, -0.1) is 0 Å². The SMILES string of the molecule is CCN(Cc1ccc(C(=O)c2ccc(F)cc2)c(Br)c1)S(N)(=O)=O. The van der Waals surface area contributed by atoms with Crippen molar-refractivity contribution in [3.63, 3.8) is 0 Å². The van der Waals surface area contributed by atoms with Gasteiger partial charge in [0.15, 0.2) is 5.78 Å². The van der Waals surface area contributed by atoms with Crippen LogP contribution >= 0.6 is 15.9 Å². The molecule has 0 saturated carbocycles. The molecule has 0 fully saturated rings. The molecule has 0 atom stereocenters. The Morgan fingerprint density at radius 1 is 1.21 bits per heavy atom. The Bertz CT molecular complexity index is 854. The molecule has 2 aromatic carbocycles. The quantitative estimate of drug-likeness (QED) is 0.737. The van der Waals surface area contributed by atoms with Gasteiger partial charge < -0.3 is 0 Å². The number of hydrogen-bond acceptors (Lipinski definition) is 3. The van der Waals surface area contributed by atoms with Crippen molar-refractivity contribution in [3.8, 4) is 0 Å². The molecule has 0 aliphatic rings. The molecule has 0 bridgehead atoms. The summed E-state index contributed by atoms with van der Waals surface area (Å²) in [6.45, 7) is 2.04. The maximum absolute atomic E-state index is 13.0. The zero-order valence-electron chi connectivity index (χ0n) is 12.9. The molecule has 5 nitrogen and oxygen atoms in total. The first-order valence-electron chi connectivity index (χ1n) is 7.09.